The minimum atomic E-state index is -3.77. The van der Waals surface area contributed by atoms with Crippen LogP contribution in [0.4, 0.5) is 0 Å². The predicted octanol–water partition coefficient (Wildman–Crippen LogP) is 1.88. The average molecular weight is 337 g/mol. The number of carbonyl (C=O) groups is 1. The van der Waals surface area contributed by atoms with Crippen molar-refractivity contribution in [3.8, 4) is 0 Å². The summed E-state index contributed by atoms with van der Waals surface area (Å²) in [6.45, 7) is 0.426. The van der Waals surface area contributed by atoms with E-state index in [0.29, 0.717) is 19.4 Å². The van der Waals surface area contributed by atoms with Gasteiger partial charge < -0.3 is 5.73 Å². The standard InChI is InChI=1S/C12H14Cl2N2O3S/c13-9-4-1-5-10(11(9)14)20(18,19)16-6-2-3-8(7-16)12(15)17/h1,4-5,8H,2-3,6-7H2,(H2,15,17)/t8-/m0/s1. The third kappa shape index (κ3) is 2.93. The Morgan fingerprint density at radius 3 is 2.70 bits per heavy atom. The molecule has 1 aromatic carbocycles. The van der Waals surface area contributed by atoms with Gasteiger partial charge in [-0.15, -0.1) is 0 Å². The number of rotatable bonds is 3. The van der Waals surface area contributed by atoms with Crippen molar-refractivity contribution in [2.45, 2.75) is 17.7 Å². The molecule has 20 heavy (non-hydrogen) atoms. The van der Waals surface area contributed by atoms with E-state index >= 15 is 0 Å². The van der Waals surface area contributed by atoms with Crippen molar-refractivity contribution < 1.29 is 13.2 Å². The molecule has 1 amide bonds. The van der Waals surface area contributed by atoms with Gasteiger partial charge in [0.1, 0.15) is 4.90 Å². The van der Waals surface area contributed by atoms with E-state index in [0.717, 1.165) is 0 Å². The van der Waals surface area contributed by atoms with Crippen LogP contribution in [0.25, 0.3) is 0 Å². The van der Waals surface area contributed by atoms with Crippen LogP contribution in [-0.4, -0.2) is 31.7 Å². The molecule has 1 aliphatic rings. The molecule has 1 aromatic rings. The fraction of sp³-hybridized carbons (Fsp3) is 0.417. The lowest BCUT2D eigenvalue weighted by molar-refractivity contribution is -0.122. The molecule has 0 bridgehead atoms. The van der Waals surface area contributed by atoms with Crippen LogP contribution in [0.2, 0.25) is 10.0 Å². The summed E-state index contributed by atoms with van der Waals surface area (Å²) in [4.78, 5) is 11.2. The van der Waals surface area contributed by atoms with Crippen LogP contribution in [0.5, 0.6) is 0 Å². The van der Waals surface area contributed by atoms with E-state index < -0.39 is 21.8 Å². The summed E-state index contributed by atoms with van der Waals surface area (Å²) in [5.74, 6) is -0.946. The van der Waals surface area contributed by atoms with Crippen LogP contribution in [0.3, 0.4) is 0 Å². The fourth-order valence-corrected chi connectivity index (χ4v) is 4.48. The van der Waals surface area contributed by atoms with Crippen molar-refractivity contribution in [2.75, 3.05) is 13.1 Å². The minimum Gasteiger partial charge on any atom is -0.369 e. The molecule has 110 valence electrons. The van der Waals surface area contributed by atoms with E-state index in [9.17, 15) is 13.2 Å². The first-order chi connectivity index (χ1) is 9.34. The van der Waals surface area contributed by atoms with E-state index in [1.807, 2.05) is 0 Å². The number of halogens is 2. The van der Waals surface area contributed by atoms with Gasteiger partial charge in [0.2, 0.25) is 15.9 Å². The summed E-state index contributed by atoms with van der Waals surface area (Å²) in [7, 11) is -3.77. The molecule has 1 aliphatic heterocycles. The summed E-state index contributed by atoms with van der Waals surface area (Å²) in [5.41, 5.74) is 5.26. The molecule has 0 unspecified atom stereocenters. The Hall–Kier alpha value is -0.820. The maximum Gasteiger partial charge on any atom is 0.244 e. The number of nitrogens with zero attached hydrogens (tertiary/aromatic N) is 1. The quantitative estimate of drug-likeness (QED) is 0.914. The van der Waals surface area contributed by atoms with E-state index in [1.54, 1.807) is 0 Å². The second-order valence-corrected chi connectivity index (χ2v) is 7.35. The third-order valence-electron chi connectivity index (χ3n) is 3.32. The molecule has 8 heteroatoms. The number of hydrogen-bond acceptors (Lipinski definition) is 3. The molecular formula is C12H14Cl2N2O3S. The molecule has 0 aliphatic carbocycles. The van der Waals surface area contributed by atoms with Crippen LogP contribution in [0, 0.1) is 5.92 Å². The topological polar surface area (TPSA) is 80.5 Å². The molecule has 0 saturated carbocycles. The van der Waals surface area contributed by atoms with Crippen LogP contribution >= 0.6 is 23.2 Å². The first-order valence-electron chi connectivity index (χ1n) is 6.07. The summed E-state index contributed by atoms with van der Waals surface area (Å²) in [6.07, 6.45) is 1.19. The van der Waals surface area contributed by atoms with Gasteiger partial charge in [0.05, 0.1) is 16.0 Å². The Morgan fingerprint density at radius 1 is 1.35 bits per heavy atom. The maximum atomic E-state index is 12.6. The molecule has 1 saturated heterocycles. The molecule has 0 radical (unpaired) electrons. The highest BCUT2D eigenvalue weighted by atomic mass is 35.5. The zero-order valence-corrected chi connectivity index (χ0v) is 12.9. The van der Waals surface area contributed by atoms with Crippen LogP contribution in [0.1, 0.15) is 12.8 Å². The second-order valence-electron chi connectivity index (χ2n) is 4.66. The normalized spacial score (nSPS) is 20.8. The molecule has 0 aromatic heterocycles. The zero-order valence-electron chi connectivity index (χ0n) is 10.6. The van der Waals surface area contributed by atoms with E-state index in [4.69, 9.17) is 28.9 Å². The summed E-state index contributed by atoms with van der Waals surface area (Å²) in [6, 6.07) is 4.44. The van der Waals surface area contributed by atoms with Gasteiger partial charge in [0.25, 0.3) is 0 Å². The number of hydrogen-bond donors (Lipinski definition) is 1. The Labute approximate surface area is 127 Å². The lowest BCUT2D eigenvalue weighted by atomic mass is 9.99. The van der Waals surface area contributed by atoms with Crippen molar-refractivity contribution in [1.82, 2.24) is 4.31 Å². The van der Waals surface area contributed by atoms with E-state index in [1.165, 1.54) is 22.5 Å². The molecule has 2 N–H and O–H groups in total. The number of nitrogens with two attached hydrogens (primary N) is 1. The molecule has 1 fully saturated rings. The molecule has 5 nitrogen and oxygen atoms in total. The Bertz CT molecular complexity index is 634. The van der Waals surface area contributed by atoms with Gasteiger partial charge in [-0.1, -0.05) is 29.3 Å². The van der Waals surface area contributed by atoms with Gasteiger partial charge in [-0.3, -0.25) is 4.79 Å². The van der Waals surface area contributed by atoms with Gasteiger partial charge in [0.15, 0.2) is 0 Å². The highest BCUT2D eigenvalue weighted by Gasteiger charge is 2.33. The number of carbonyl (C=O) groups excluding carboxylic acids is 1. The minimum absolute atomic E-state index is 0.00429. The van der Waals surface area contributed by atoms with Crippen molar-refractivity contribution in [3.63, 3.8) is 0 Å². The maximum absolute atomic E-state index is 12.6. The summed E-state index contributed by atoms with van der Waals surface area (Å²) < 4.78 is 26.4. The molecular weight excluding hydrogens is 323 g/mol. The Morgan fingerprint density at radius 2 is 2.05 bits per heavy atom. The first kappa shape index (κ1) is 15.6. The SMILES string of the molecule is NC(=O)[C@H]1CCCN(S(=O)(=O)c2cccc(Cl)c2Cl)C1. The number of primary amides is 1. The average Bonchev–Trinajstić information content (AvgIpc) is 2.41. The van der Waals surface area contributed by atoms with Gasteiger partial charge in [0, 0.05) is 13.1 Å². The van der Waals surface area contributed by atoms with Gasteiger partial charge in [-0.2, -0.15) is 4.31 Å². The largest absolute Gasteiger partial charge is 0.369 e. The third-order valence-corrected chi connectivity index (χ3v) is 6.16. The molecule has 1 atom stereocenters. The molecule has 2 rings (SSSR count). The number of benzene rings is 1. The Kier molecular flexibility index (Phi) is 4.59. The predicted molar refractivity (Wildman–Crippen MR) is 77.1 cm³/mol. The van der Waals surface area contributed by atoms with Gasteiger partial charge >= 0.3 is 0 Å². The van der Waals surface area contributed by atoms with Crippen molar-refractivity contribution in [3.05, 3.63) is 28.2 Å². The van der Waals surface area contributed by atoms with Crippen molar-refractivity contribution in [1.29, 1.82) is 0 Å². The Balaban J connectivity index is 2.35. The second kappa shape index (κ2) is 5.89. The van der Waals surface area contributed by atoms with Gasteiger partial charge in [-0.05, 0) is 25.0 Å². The van der Waals surface area contributed by atoms with E-state index in [2.05, 4.69) is 0 Å². The number of sulfonamides is 1. The van der Waals surface area contributed by atoms with Crippen molar-refractivity contribution >= 4 is 39.1 Å². The zero-order chi connectivity index (χ0) is 14.9. The summed E-state index contributed by atoms with van der Waals surface area (Å²) in [5, 5.41) is 0.173. The summed E-state index contributed by atoms with van der Waals surface area (Å²) >= 11 is 11.8. The highest BCUT2D eigenvalue weighted by molar-refractivity contribution is 7.89. The lowest BCUT2D eigenvalue weighted by Gasteiger charge is -2.30. The monoisotopic (exact) mass is 336 g/mol. The first-order valence-corrected chi connectivity index (χ1v) is 8.27. The lowest BCUT2D eigenvalue weighted by Crippen LogP contribution is -2.44. The number of amides is 1. The van der Waals surface area contributed by atoms with Crippen LogP contribution in [-0.2, 0) is 14.8 Å². The molecule has 1 heterocycles. The number of piperidine rings is 1. The van der Waals surface area contributed by atoms with Crippen LogP contribution in [0.15, 0.2) is 23.1 Å². The van der Waals surface area contributed by atoms with Crippen molar-refractivity contribution in [2.24, 2.45) is 11.7 Å². The van der Waals surface area contributed by atoms with Gasteiger partial charge in [-0.25, -0.2) is 8.42 Å². The van der Waals surface area contributed by atoms with E-state index in [-0.39, 0.29) is 21.5 Å². The fourth-order valence-electron chi connectivity index (χ4n) is 2.22. The van der Waals surface area contributed by atoms with Crippen LogP contribution < -0.4 is 5.73 Å². The molecule has 0 spiro atoms. The highest BCUT2D eigenvalue weighted by Crippen LogP contribution is 2.32. The smallest absolute Gasteiger partial charge is 0.244 e.